The second-order valence-electron chi connectivity index (χ2n) is 3.56. The van der Waals surface area contributed by atoms with Crippen LogP contribution in [0, 0.1) is 0 Å². The summed E-state index contributed by atoms with van der Waals surface area (Å²) in [5, 5.41) is 11.2. The summed E-state index contributed by atoms with van der Waals surface area (Å²) in [5.74, 6) is 0. The lowest BCUT2D eigenvalue weighted by Gasteiger charge is -2.25. The van der Waals surface area contributed by atoms with E-state index in [9.17, 15) is 26.3 Å². The minimum Gasteiger partial charge on any atom is -0.396 e. The first-order chi connectivity index (χ1) is 8.12. The van der Waals surface area contributed by atoms with E-state index in [1.165, 1.54) is 0 Å². The van der Waals surface area contributed by atoms with Gasteiger partial charge in [-0.2, -0.15) is 26.3 Å². The van der Waals surface area contributed by atoms with Crippen molar-refractivity contribution in [3.8, 4) is 0 Å². The SMILES string of the molecule is CCNC(CCO)COC(C(F)(F)F)C(F)(F)F. The maximum absolute atomic E-state index is 12.1. The van der Waals surface area contributed by atoms with Gasteiger partial charge in [-0.25, -0.2) is 0 Å². The fourth-order valence-corrected chi connectivity index (χ4v) is 1.28. The Morgan fingerprint density at radius 3 is 1.94 bits per heavy atom. The van der Waals surface area contributed by atoms with Crippen molar-refractivity contribution < 1.29 is 36.2 Å². The van der Waals surface area contributed by atoms with Crippen LogP contribution in [0.25, 0.3) is 0 Å². The molecule has 0 aliphatic heterocycles. The fraction of sp³-hybridized carbons (Fsp3) is 1.00. The van der Waals surface area contributed by atoms with Gasteiger partial charge in [-0.05, 0) is 13.0 Å². The van der Waals surface area contributed by atoms with Crippen molar-refractivity contribution in [3.05, 3.63) is 0 Å². The molecule has 0 rings (SSSR count). The number of halogens is 6. The first-order valence-corrected chi connectivity index (χ1v) is 5.22. The second kappa shape index (κ2) is 7.15. The Morgan fingerprint density at radius 1 is 1.11 bits per heavy atom. The fourth-order valence-electron chi connectivity index (χ4n) is 1.28. The van der Waals surface area contributed by atoms with Gasteiger partial charge in [-0.3, -0.25) is 0 Å². The minimum atomic E-state index is -5.51. The average Bonchev–Trinajstić information content (AvgIpc) is 2.14. The molecule has 3 nitrogen and oxygen atoms in total. The number of aliphatic hydroxyl groups excluding tert-OH is 1. The lowest BCUT2D eigenvalue weighted by atomic mass is 10.2. The Hall–Kier alpha value is -0.540. The zero-order valence-electron chi connectivity index (χ0n) is 9.61. The van der Waals surface area contributed by atoms with Crippen molar-refractivity contribution in [1.29, 1.82) is 0 Å². The monoisotopic (exact) mass is 283 g/mol. The van der Waals surface area contributed by atoms with E-state index < -0.39 is 31.1 Å². The molecule has 0 aromatic carbocycles. The summed E-state index contributed by atoms with van der Waals surface area (Å²) >= 11 is 0. The topological polar surface area (TPSA) is 41.5 Å². The lowest BCUT2D eigenvalue weighted by molar-refractivity contribution is -0.322. The summed E-state index contributed by atoms with van der Waals surface area (Å²) in [6.45, 7) is 0.841. The molecule has 0 aliphatic carbocycles. The van der Waals surface area contributed by atoms with Gasteiger partial charge < -0.3 is 15.2 Å². The minimum absolute atomic E-state index is 0.0102. The van der Waals surface area contributed by atoms with Gasteiger partial charge in [-0.1, -0.05) is 6.92 Å². The highest BCUT2D eigenvalue weighted by Gasteiger charge is 2.58. The zero-order valence-corrected chi connectivity index (χ0v) is 9.61. The standard InChI is InChI=1S/C9H15F6NO2/c1-2-16-6(3-4-17)5-18-7(8(10,11)12)9(13,14)15/h6-7,16-17H,2-5H2,1H3. The summed E-state index contributed by atoms with van der Waals surface area (Å²) in [7, 11) is 0. The van der Waals surface area contributed by atoms with Crippen LogP contribution in [0.3, 0.4) is 0 Å². The summed E-state index contributed by atoms with van der Waals surface area (Å²) in [6.07, 6.45) is -14.8. The summed E-state index contributed by atoms with van der Waals surface area (Å²) in [4.78, 5) is 0. The zero-order chi connectivity index (χ0) is 14.4. The molecule has 0 aliphatic rings. The molecule has 0 saturated heterocycles. The van der Waals surface area contributed by atoms with Gasteiger partial charge in [0.05, 0.1) is 6.61 Å². The summed E-state index contributed by atoms with van der Waals surface area (Å²) in [5.41, 5.74) is 0. The van der Waals surface area contributed by atoms with Crippen LogP contribution in [-0.4, -0.2) is 49.4 Å². The van der Waals surface area contributed by atoms with Crippen LogP contribution in [0.1, 0.15) is 13.3 Å². The van der Waals surface area contributed by atoms with Crippen LogP contribution in [0.4, 0.5) is 26.3 Å². The number of hydrogen-bond acceptors (Lipinski definition) is 3. The van der Waals surface area contributed by atoms with E-state index in [1.807, 2.05) is 0 Å². The van der Waals surface area contributed by atoms with E-state index in [-0.39, 0.29) is 13.0 Å². The van der Waals surface area contributed by atoms with Crippen LogP contribution in [0.15, 0.2) is 0 Å². The summed E-state index contributed by atoms with van der Waals surface area (Å²) < 4.78 is 76.7. The number of nitrogens with one attached hydrogen (secondary N) is 1. The number of likely N-dealkylation sites (N-methyl/N-ethyl adjacent to an activating group) is 1. The third kappa shape index (κ3) is 6.41. The molecule has 1 atom stereocenters. The van der Waals surface area contributed by atoms with Crippen LogP contribution in [0.2, 0.25) is 0 Å². The maximum Gasteiger partial charge on any atom is 0.423 e. The first-order valence-electron chi connectivity index (χ1n) is 5.22. The second-order valence-corrected chi connectivity index (χ2v) is 3.56. The van der Waals surface area contributed by atoms with Crippen molar-refractivity contribution in [2.24, 2.45) is 0 Å². The van der Waals surface area contributed by atoms with Crippen molar-refractivity contribution >= 4 is 0 Å². The Morgan fingerprint density at radius 2 is 1.61 bits per heavy atom. The highest BCUT2D eigenvalue weighted by Crippen LogP contribution is 2.35. The van der Waals surface area contributed by atoms with Gasteiger partial charge in [0.15, 0.2) is 0 Å². The van der Waals surface area contributed by atoms with Crippen molar-refractivity contribution in [1.82, 2.24) is 5.32 Å². The predicted molar refractivity (Wildman–Crippen MR) is 51.0 cm³/mol. The predicted octanol–water partition coefficient (Wildman–Crippen LogP) is 1.86. The molecule has 0 aromatic rings. The molecule has 0 saturated carbocycles. The highest BCUT2D eigenvalue weighted by atomic mass is 19.4. The van der Waals surface area contributed by atoms with Gasteiger partial charge >= 0.3 is 12.4 Å². The average molecular weight is 283 g/mol. The number of rotatable bonds is 7. The van der Waals surface area contributed by atoms with Gasteiger partial charge in [0, 0.05) is 12.6 Å². The van der Waals surface area contributed by atoms with Crippen molar-refractivity contribution in [3.63, 3.8) is 0 Å². The Balaban J connectivity index is 4.51. The third-order valence-electron chi connectivity index (χ3n) is 2.03. The van der Waals surface area contributed by atoms with Gasteiger partial charge in [0.2, 0.25) is 6.10 Å². The van der Waals surface area contributed by atoms with Gasteiger partial charge in [0.1, 0.15) is 0 Å². The molecule has 18 heavy (non-hydrogen) atoms. The molecule has 0 radical (unpaired) electrons. The number of ether oxygens (including phenoxy) is 1. The van der Waals surface area contributed by atoms with Gasteiger partial charge in [0.25, 0.3) is 0 Å². The Kier molecular flexibility index (Phi) is 6.93. The normalized spacial score (nSPS) is 15.2. The molecular formula is C9H15F6NO2. The van der Waals surface area contributed by atoms with Crippen LogP contribution in [-0.2, 0) is 4.74 Å². The number of aliphatic hydroxyl groups is 1. The molecule has 0 amide bonds. The van der Waals surface area contributed by atoms with E-state index in [1.54, 1.807) is 6.92 Å². The van der Waals surface area contributed by atoms with Crippen LogP contribution in [0.5, 0.6) is 0 Å². The Bertz CT molecular complexity index is 210. The van der Waals surface area contributed by atoms with Gasteiger partial charge in [-0.15, -0.1) is 0 Å². The molecule has 0 aromatic heterocycles. The number of hydrogen-bond donors (Lipinski definition) is 2. The largest absolute Gasteiger partial charge is 0.423 e. The molecule has 9 heteroatoms. The first kappa shape index (κ1) is 17.5. The number of alkyl halides is 6. The molecule has 110 valence electrons. The van der Waals surface area contributed by atoms with Crippen molar-refractivity contribution in [2.75, 3.05) is 19.8 Å². The quantitative estimate of drug-likeness (QED) is 0.701. The molecule has 1 unspecified atom stereocenters. The molecule has 2 N–H and O–H groups in total. The highest BCUT2D eigenvalue weighted by molar-refractivity contribution is 4.77. The van der Waals surface area contributed by atoms with E-state index >= 15 is 0 Å². The van der Waals surface area contributed by atoms with Crippen LogP contribution >= 0.6 is 0 Å². The molecule has 0 heterocycles. The van der Waals surface area contributed by atoms with E-state index in [0.29, 0.717) is 6.54 Å². The summed E-state index contributed by atoms with van der Waals surface area (Å²) in [6, 6.07) is -0.757. The van der Waals surface area contributed by atoms with E-state index in [2.05, 4.69) is 10.1 Å². The third-order valence-corrected chi connectivity index (χ3v) is 2.03. The molecular weight excluding hydrogens is 268 g/mol. The molecule has 0 bridgehead atoms. The van der Waals surface area contributed by atoms with E-state index in [4.69, 9.17) is 5.11 Å². The van der Waals surface area contributed by atoms with Crippen molar-refractivity contribution in [2.45, 2.75) is 37.8 Å². The van der Waals surface area contributed by atoms with E-state index in [0.717, 1.165) is 0 Å². The lowest BCUT2D eigenvalue weighted by Crippen LogP contribution is -2.47. The van der Waals surface area contributed by atoms with Crippen LogP contribution < -0.4 is 5.32 Å². The smallest absolute Gasteiger partial charge is 0.396 e. The Labute approximate surface area is 100 Å². The molecule has 0 fully saturated rings. The molecule has 0 spiro atoms. The maximum atomic E-state index is 12.1.